The second-order valence-electron chi connectivity index (χ2n) is 20.0. The van der Waals surface area contributed by atoms with Crippen molar-refractivity contribution in [1.29, 1.82) is 0 Å². The molecule has 0 spiro atoms. The molecule has 4 atom stereocenters. The van der Waals surface area contributed by atoms with Crippen LogP contribution in [-0.2, 0) is 24.1 Å². The van der Waals surface area contributed by atoms with Crippen molar-refractivity contribution in [3.05, 3.63) is 150 Å². The molecule has 9 aromatic rings. The van der Waals surface area contributed by atoms with E-state index < -0.39 is 44.9 Å². The van der Waals surface area contributed by atoms with Crippen molar-refractivity contribution in [2.24, 2.45) is 25.9 Å². The van der Waals surface area contributed by atoms with E-state index in [4.69, 9.17) is 5.11 Å². The number of hydrogen-bond donors (Lipinski definition) is 3. The zero-order chi connectivity index (χ0) is 57.0. The maximum Gasteiger partial charge on any atom is 1.00 e. The molecule has 2 aliphatic rings. The number of H-pyrrole nitrogens is 1. The molecule has 17 nitrogen and oxygen atoms in total. The van der Waals surface area contributed by atoms with Gasteiger partial charge in [0, 0.05) is 85.4 Å². The number of anilines is 2. The quantitative estimate of drug-likeness (QED) is 0.0566. The van der Waals surface area contributed by atoms with Gasteiger partial charge in [-0.2, -0.15) is 7.11 Å². The Bertz CT molecular complexity index is 3850. The zero-order valence-electron chi connectivity index (χ0n) is 44.9. The molecule has 2 aliphatic carbocycles. The van der Waals surface area contributed by atoms with Gasteiger partial charge in [0.15, 0.2) is 52.3 Å². The van der Waals surface area contributed by atoms with Gasteiger partial charge >= 0.3 is 29.6 Å². The van der Waals surface area contributed by atoms with Crippen LogP contribution in [0, 0.1) is 53.7 Å². The molecule has 25 heteroatoms. The van der Waals surface area contributed by atoms with Crippen LogP contribution < -0.4 is 45.3 Å². The number of Topliss-reactive ketones (excluding diaryl/α,β-unsaturated/α-hetero) is 2. The van der Waals surface area contributed by atoms with Crippen molar-refractivity contribution in [3.63, 3.8) is 0 Å². The topological polar surface area (TPSA) is 223 Å². The van der Waals surface area contributed by atoms with Gasteiger partial charge in [0.1, 0.15) is 34.4 Å². The number of rotatable bonds is 14. The molecule has 3 N–H and O–H groups in total. The van der Waals surface area contributed by atoms with E-state index in [-0.39, 0.29) is 121 Å². The number of hydrogen-bond acceptors (Lipinski definition) is 13. The number of nitrogens with one attached hydrogen (secondary N) is 3. The van der Waals surface area contributed by atoms with Crippen LogP contribution >= 0.6 is 0 Å². The third-order valence-electron chi connectivity index (χ3n) is 14.4. The van der Waals surface area contributed by atoms with E-state index in [9.17, 15) is 40.0 Å². The molecular weight excluding hydrogens is 1090 g/mol. The van der Waals surface area contributed by atoms with Crippen molar-refractivity contribution in [2.45, 2.75) is 88.1 Å². The summed E-state index contributed by atoms with van der Waals surface area (Å²) < 4.78 is 118. The van der Waals surface area contributed by atoms with Gasteiger partial charge in [-0.3, -0.25) is 9.59 Å². The molecule has 6 aromatic heterocycles. The summed E-state index contributed by atoms with van der Waals surface area (Å²) in [6, 6.07) is 9.35. The summed E-state index contributed by atoms with van der Waals surface area (Å²) in [5.74, 6) is -4.60. The molecule has 11 rings (SSSR count). The number of fused-ring (bicyclic) bond motifs is 2. The number of imidazole rings is 2. The first-order valence-electron chi connectivity index (χ1n) is 25.7. The van der Waals surface area contributed by atoms with Crippen LogP contribution in [0.4, 0.5) is 38.0 Å². The van der Waals surface area contributed by atoms with Gasteiger partial charge in [0.05, 0.1) is 47.9 Å². The number of ketones is 2. The fourth-order valence-corrected chi connectivity index (χ4v) is 11.9. The first-order valence-corrected chi connectivity index (χ1v) is 27.1. The molecule has 2 fully saturated rings. The SMILES string of the molecule is C[O-].Cc1ccc(S(=O)(=O)n2cc(-c3ncc(F)c(N[C@H]4CCC[C@@H](CC(=O)c5cncn5C)C4)n3)c3cc(F)cc(F)c32)cc1.Cn1cncc1C(=O)C[C@@H]1CCC[C@H](Nc2nc(-c3c[nH]c4c(F)cc(F)cc34)ncc2F)C1.[Na+]. The zero-order valence-corrected chi connectivity index (χ0v) is 47.7. The number of carbonyl (C=O) groups excluding carboxylic acids is 2. The molecule has 81 heavy (non-hydrogen) atoms. The number of carbonyl (C=O) groups is 2. The van der Waals surface area contributed by atoms with E-state index in [2.05, 4.69) is 45.5 Å². The van der Waals surface area contributed by atoms with Crippen molar-refractivity contribution < 1.29 is 79.0 Å². The van der Waals surface area contributed by atoms with Crippen LogP contribution in [0.15, 0.2) is 103 Å². The Hall–Kier alpha value is -7.25. The maximum atomic E-state index is 15.2. The Labute approximate surface area is 484 Å². The number of benzene rings is 3. The number of aromatic nitrogens is 10. The average molecular weight is 1150 g/mol. The second-order valence-corrected chi connectivity index (χ2v) is 21.8. The first kappa shape index (κ1) is 59.9. The minimum atomic E-state index is -4.31. The molecule has 0 unspecified atom stereocenters. The van der Waals surface area contributed by atoms with Crippen LogP contribution in [0.2, 0.25) is 0 Å². The van der Waals surface area contributed by atoms with Gasteiger partial charge in [0.25, 0.3) is 10.0 Å². The van der Waals surface area contributed by atoms with Crippen LogP contribution in [0.5, 0.6) is 0 Å². The summed E-state index contributed by atoms with van der Waals surface area (Å²) in [4.78, 5) is 52.8. The minimum Gasteiger partial charge on any atom is -0.857 e. The van der Waals surface area contributed by atoms with E-state index >= 15 is 4.39 Å². The number of nitrogens with zero attached hydrogens (tertiary/aromatic N) is 9. The third kappa shape index (κ3) is 13.3. The molecule has 0 amide bonds. The standard InChI is InChI=1S/C31H29F3N6O3S.C24H23F3N6O.CH3O.Na/c1-18-6-8-22(9-7-18)44(42,43)40-16-24(23-12-20(32)13-25(33)29(23)40)30-36-14-26(34)31(38-30)37-21-5-3-4-19(10-21)11-28(41)27-15-35-17-39(27)2;1-33-12-28-11-20(33)21(34)6-13-3-2-4-15(5-13)31-24-19(27)10-30-23(32-24)17-9-29-22-16(17)7-14(25)8-18(22)26;1-2;/h6-9,12-17,19,21H,3-5,10-11H2,1-2H3,(H,36,37,38);7-13,15,29H,2-6H2,1H3,(H,30,31,32);1H3;/q;;-1;+1/t19-,21+;13-,15+;;/m11../s1. The number of aromatic amines is 1. The van der Waals surface area contributed by atoms with E-state index in [1.54, 1.807) is 67.3 Å². The summed E-state index contributed by atoms with van der Waals surface area (Å²) in [6.07, 6.45) is 18.0. The molecular formula is C56H55F6N12NaO5S. The molecule has 2 saturated carbocycles. The third-order valence-corrected chi connectivity index (χ3v) is 16.1. The van der Waals surface area contributed by atoms with Crippen LogP contribution in [0.25, 0.3) is 44.6 Å². The van der Waals surface area contributed by atoms with Crippen LogP contribution in [0.3, 0.4) is 0 Å². The van der Waals surface area contributed by atoms with Crippen LogP contribution in [0.1, 0.15) is 90.7 Å². The molecule has 418 valence electrons. The van der Waals surface area contributed by atoms with Gasteiger partial charge in [-0.15, -0.1) is 0 Å². The monoisotopic (exact) mass is 1140 g/mol. The smallest absolute Gasteiger partial charge is 0.857 e. The molecule has 0 aliphatic heterocycles. The largest absolute Gasteiger partial charge is 1.00 e. The van der Waals surface area contributed by atoms with E-state index in [1.165, 1.54) is 24.4 Å². The Balaban J connectivity index is 0.000000210. The molecule has 6 heterocycles. The summed E-state index contributed by atoms with van der Waals surface area (Å²) in [5.41, 5.74) is 2.08. The minimum absolute atomic E-state index is 0. The Morgan fingerprint density at radius 3 is 1.67 bits per heavy atom. The van der Waals surface area contributed by atoms with Crippen molar-refractivity contribution in [2.75, 3.05) is 17.7 Å². The van der Waals surface area contributed by atoms with Crippen molar-refractivity contribution >= 4 is 55.0 Å². The Morgan fingerprint density at radius 2 is 1.16 bits per heavy atom. The predicted octanol–water partition coefficient (Wildman–Crippen LogP) is 7.04. The first-order chi connectivity index (χ1) is 38.4. The maximum absolute atomic E-state index is 15.2. The van der Waals surface area contributed by atoms with Gasteiger partial charge in [-0.05, 0) is 81.5 Å². The van der Waals surface area contributed by atoms with Gasteiger partial charge in [-0.1, -0.05) is 30.5 Å². The molecule has 3 aromatic carbocycles. The van der Waals surface area contributed by atoms with Gasteiger partial charge in [-0.25, -0.2) is 68.6 Å². The summed E-state index contributed by atoms with van der Waals surface area (Å²) in [6.45, 7) is 1.80. The van der Waals surface area contributed by atoms with E-state index in [1.807, 2.05) is 0 Å². The number of aryl methyl sites for hydroxylation is 3. The molecule has 0 bridgehead atoms. The second kappa shape index (κ2) is 25.7. The predicted molar refractivity (Wildman–Crippen MR) is 285 cm³/mol. The number of halogens is 6. The summed E-state index contributed by atoms with van der Waals surface area (Å²) in [5, 5.41) is 14.7. The van der Waals surface area contributed by atoms with Crippen molar-refractivity contribution in [3.8, 4) is 22.8 Å². The van der Waals surface area contributed by atoms with E-state index in [0.717, 1.165) is 85.9 Å². The van der Waals surface area contributed by atoms with Gasteiger partial charge in [0.2, 0.25) is 0 Å². The molecule has 0 radical (unpaired) electrons. The normalized spacial score (nSPS) is 17.1. The average Bonchev–Trinajstić information content (AvgIpc) is 4.27. The van der Waals surface area contributed by atoms with E-state index in [0.29, 0.717) is 48.7 Å². The van der Waals surface area contributed by atoms with Gasteiger partial charge < -0.3 is 29.9 Å². The molecule has 0 saturated heterocycles. The van der Waals surface area contributed by atoms with Crippen LogP contribution in [-0.4, -0.2) is 87.2 Å². The summed E-state index contributed by atoms with van der Waals surface area (Å²) >= 11 is 0. The summed E-state index contributed by atoms with van der Waals surface area (Å²) in [7, 11) is -0.00305. The Morgan fingerprint density at radius 1 is 0.667 bits per heavy atom. The van der Waals surface area contributed by atoms with Crippen molar-refractivity contribution in [1.82, 2.24) is 48.0 Å². The fraction of sp³-hybridized carbons (Fsp3) is 0.321. The fourth-order valence-electron chi connectivity index (χ4n) is 10.6. The Kier molecular flexibility index (Phi) is 19.0.